The van der Waals surface area contributed by atoms with Crippen LogP contribution in [0.4, 0.5) is 4.39 Å². The van der Waals surface area contributed by atoms with Gasteiger partial charge in [0.05, 0.1) is 10.0 Å². The lowest BCUT2D eigenvalue weighted by atomic mass is 10.0. The van der Waals surface area contributed by atoms with Gasteiger partial charge in [-0.3, -0.25) is 0 Å². The zero-order chi connectivity index (χ0) is 14.7. The van der Waals surface area contributed by atoms with Gasteiger partial charge in [0.1, 0.15) is 5.82 Å². The van der Waals surface area contributed by atoms with Gasteiger partial charge in [0.15, 0.2) is 0 Å². The smallest absolute Gasteiger partial charge is 0.141 e. The molecule has 0 spiro atoms. The lowest BCUT2D eigenvalue weighted by Crippen LogP contribution is -2.22. The SMILES string of the molecule is CCNC(Cc1ccc(F)c(Cl)c1)c1scc(C)c1Cl. The third-order valence-corrected chi connectivity index (χ3v) is 5.23. The van der Waals surface area contributed by atoms with E-state index in [1.807, 2.05) is 6.92 Å². The normalized spacial score (nSPS) is 12.7. The van der Waals surface area contributed by atoms with E-state index in [4.69, 9.17) is 23.2 Å². The maximum absolute atomic E-state index is 13.2. The van der Waals surface area contributed by atoms with Crippen molar-refractivity contribution < 1.29 is 4.39 Å². The number of halogens is 3. The summed E-state index contributed by atoms with van der Waals surface area (Å²) in [5.74, 6) is -0.389. The third kappa shape index (κ3) is 3.53. The van der Waals surface area contributed by atoms with E-state index in [-0.39, 0.29) is 16.9 Å². The number of hydrogen-bond donors (Lipinski definition) is 1. The van der Waals surface area contributed by atoms with Crippen molar-refractivity contribution >= 4 is 34.5 Å². The first-order valence-electron chi connectivity index (χ1n) is 6.43. The Balaban J connectivity index is 2.25. The number of rotatable bonds is 5. The number of nitrogens with one attached hydrogen (secondary N) is 1. The molecular formula is C15H16Cl2FNS. The summed E-state index contributed by atoms with van der Waals surface area (Å²) >= 11 is 13.8. The molecule has 1 aromatic heterocycles. The first-order valence-corrected chi connectivity index (χ1v) is 8.07. The summed E-state index contributed by atoms with van der Waals surface area (Å²) in [6.07, 6.45) is 0.730. The molecule has 2 aromatic rings. The van der Waals surface area contributed by atoms with Crippen molar-refractivity contribution in [1.29, 1.82) is 0 Å². The fourth-order valence-electron chi connectivity index (χ4n) is 2.09. The Kier molecular flexibility index (Phi) is 5.44. The Labute approximate surface area is 132 Å². The van der Waals surface area contributed by atoms with E-state index < -0.39 is 0 Å². The zero-order valence-electron chi connectivity index (χ0n) is 11.3. The van der Waals surface area contributed by atoms with Crippen molar-refractivity contribution in [2.24, 2.45) is 0 Å². The summed E-state index contributed by atoms with van der Waals surface area (Å²) in [5, 5.41) is 6.45. The molecule has 1 heterocycles. The van der Waals surface area contributed by atoms with Gasteiger partial charge in [-0.2, -0.15) is 0 Å². The minimum atomic E-state index is -0.389. The summed E-state index contributed by atoms with van der Waals surface area (Å²) in [5.41, 5.74) is 2.08. The van der Waals surface area contributed by atoms with Gasteiger partial charge in [0.25, 0.3) is 0 Å². The molecule has 0 radical (unpaired) electrons. The number of thiophene rings is 1. The van der Waals surface area contributed by atoms with Crippen molar-refractivity contribution in [3.05, 3.63) is 55.4 Å². The van der Waals surface area contributed by atoms with Gasteiger partial charge >= 0.3 is 0 Å². The van der Waals surface area contributed by atoms with Crippen LogP contribution in [0.2, 0.25) is 10.0 Å². The minimum Gasteiger partial charge on any atom is -0.309 e. The van der Waals surface area contributed by atoms with Crippen LogP contribution in [0, 0.1) is 12.7 Å². The molecule has 1 nitrogen and oxygen atoms in total. The second-order valence-corrected chi connectivity index (χ2v) is 6.36. The van der Waals surface area contributed by atoms with Crippen molar-refractivity contribution in [3.63, 3.8) is 0 Å². The molecule has 0 amide bonds. The molecule has 0 saturated carbocycles. The van der Waals surface area contributed by atoms with Crippen molar-refractivity contribution in [2.75, 3.05) is 6.54 Å². The molecular weight excluding hydrogens is 316 g/mol. The zero-order valence-corrected chi connectivity index (χ0v) is 13.7. The average Bonchev–Trinajstić information content (AvgIpc) is 2.74. The topological polar surface area (TPSA) is 12.0 Å². The Morgan fingerprint density at radius 2 is 2.10 bits per heavy atom. The monoisotopic (exact) mass is 331 g/mol. The first kappa shape index (κ1) is 15.8. The van der Waals surface area contributed by atoms with Crippen LogP contribution in [0.1, 0.15) is 29.0 Å². The molecule has 2 rings (SSSR count). The van der Waals surface area contributed by atoms with E-state index in [0.29, 0.717) is 0 Å². The second-order valence-electron chi connectivity index (χ2n) is 4.66. The molecule has 20 heavy (non-hydrogen) atoms. The van der Waals surface area contributed by atoms with E-state index in [1.54, 1.807) is 23.5 Å². The van der Waals surface area contributed by atoms with E-state index in [2.05, 4.69) is 17.6 Å². The highest BCUT2D eigenvalue weighted by Gasteiger charge is 2.18. The fraction of sp³-hybridized carbons (Fsp3) is 0.333. The van der Waals surface area contributed by atoms with Crippen molar-refractivity contribution in [2.45, 2.75) is 26.3 Å². The molecule has 0 bridgehead atoms. The number of hydrogen-bond acceptors (Lipinski definition) is 2. The number of likely N-dealkylation sites (N-methyl/N-ethyl adjacent to an activating group) is 1. The molecule has 0 fully saturated rings. The van der Waals surface area contributed by atoms with Crippen LogP contribution < -0.4 is 5.32 Å². The summed E-state index contributed by atoms with van der Waals surface area (Å²) in [6.45, 7) is 4.89. The molecule has 0 saturated heterocycles. The van der Waals surface area contributed by atoms with E-state index >= 15 is 0 Å². The van der Waals surface area contributed by atoms with Crippen LogP contribution in [0.5, 0.6) is 0 Å². The maximum atomic E-state index is 13.2. The summed E-state index contributed by atoms with van der Waals surface area (Å²) in [6, 6.07) is 4.96. The minimum absolute atomic E-state index is 0.118. The van der Waals surface area contributed by atoms with Crippen molar-refractivity contribution in [3.8, 4) is 0 Å². The van der Waals surface area contributed by atoms with Crippen molar-refractivity contribution in [1.82, 2.24) is 5.32 Å². The number of benzene rings is 1. The molecule has 108 valence electrons. The average molecular weight is 332 g/mol. The van der Waals surface area contributed by atoms with Gasteiger partial charge in [-0.25, -0.2) is 4.39 Å². The lowest BCUT2D eigenvalue weighted by Gasteiger charge is -2.17. The van der Waals surface area contributed by atoms with Gasteiger partial charge in [0.2, 0.25) is 0 Å². The molecule has 5 heteroatoms. The summed E-state index contributed by atoms with van der Waals surface area (Å²) in [4.78, 5) is 1.12. The molecule has 1 aromatic carbocycles. The maximum Gasteiger partial charge on any atom is 0.141 e. The molecule has 1 N–H and O–H groups in total. The van der Waals surface area contributed by atoms with E-state index in [0.717, 1.165) is 34.0 Å². The van der Waals surface area contributed by atoms with Gasteiger partial charge < -0.3 is 5.32 Å². The van der Waals surface area contributed by atoms with Crippen LogP contribution in [0.15, 0.2) is 23.6 Å². The van der Waals surface area contributed by atoms with Crippen LogP contribution in [-0.4, -0.2) is 6.54 Å². The third-order valence-electron chi connectivity index (χ3n) is 3.12. The van der Waals surface area contributed by atoms with Gasteiger partial charge in [-0.05, 0) is 48.5 Å². The highest BCUT2D eigenvalue weighted by atomic mass is 35.5. The van der Waals surface area contributed by atoms with Crippen LogP contribution >= 0.6 is 34.5 Å². The molecule has 0 aliphatic rings. The largest absolute Gasteiger partial charge is 0.309 e. The van der Waals surface area contributed by atoms with Gasteiger partial charge in [-0.1, -0.05) is 36.2 Å². The van der Waals surface area contributed by atoms with Crippen LogP contribution in [0.3, 0.4) is 0 Å². The Morgan fingerprint density at radius 3 is 2.65 bits per heavy atom. The second kappa shape index (κ2) is 6.90. The van der Waals surface area contributed by atoms with Gasteiger partial charge in [-0.15, -0.1) is 11.3 Å². The molecule has 1 atom stereocenters. The van der Waals surface area contributed by atoms with Crippen LogP contribution in [-0.2, 0) is 6.42 Å². The molecule has 1 unspecified atom stereocenters. The molecule has 0 aliphatic heterocycles. The Morgan fingerprint density at radius 1 is 1.35 bits per heavy atom. The first-order chi connectivity index (χ1) is 9.52. The predicted molar refractivity (Wildman–Crippen MR) is 85.6 cm³/mol. The summed E-state index contributed by atoms with van der Waals surface area (Å²) < 4.78 is 13.2. The standard InChI is InChI=1S/C15H16Cl2FNS/c1-3-19-13(15-14(17)9(2)8-20-15)7-10-4-5-12(18)11(16)6-10/h4-6,8,13,19H,3,7H2,1-2H3. The summed E-state index contributed by atoms with van der Waals surface area (Å²) in [7, 11) is 0. The molecule has 0 aliphatic carbocycles. The Bertz CT molecular complexity index is 598. The quantitative estimate of drug-likeness (QED) is 0.773. The van der Waals surface area contributed by atoms with Gasteiger partial charge in [0, 0.05) is 10.9 Å². The highest BCUT2D eigenvalue weighted by molar-refractivity contribution is 7.10. The van der Waals surface area contributed by atoms with E-state index in [9.17, 15) is 4.39 Å². The van der Waals surface area contributed by atoms with Crippen LogP contribution in [0.25, 0.3) is 0 Å². The fourth-order valence-corrected chi connectivity index (χ4v) is 3.70. The Hall–Kier alpha value is -0.610. The predicted octanol–water partition coefficient (Wildman–Crippen LogP) is 5.40. The van der Waals surface area contributed by atoms with E-state index in [1.165, 1.54) is 6.07 Å². The highest BCUT2D eigenvalue weighted by Crippen LogP contribution is 2.34. The lowest BCUT2D eigenvalue weighted by molar-refractivity contribution is 0.557. The number of aryl methyl sites for hydroxylation is 1.